The molecule has 3 aliphatic rings. The molecule has 0 fully saturated rings. The van der Waals surface area contributed by atoms with Crippen molar-refractivity contribution in [3.8, 4) is 0 Å². The van der Waals surface area contributed by atoms with Crippen molar-refractivity contribution >= 4 is 11.3 Å². The van der Waals surface area contributed by atoms with Gasteiger partial charge in [0.2, 0.25) is 0 Å². The molecule has 2 aromatic rings. The quantitative estimate of drug-likeness (QED) is 0.438. The molecule has 5 rings (SSSR count). The summed E-state index contributed by atoms with van der Waals surface area (Å²) in [4.78, 5) is 2.51. The molecule has 1 spiro atoms. The number of allylic oxidation sites excluding steroid dienone is 11. The fourth-order valence-electron chi connectivity index (χ4n) is 6.23. The van der Waals surface area contributed by atoms with E-state index < -0.39 is 5.41 Å². The summed E-state index contributed by atoms with van der Waals surface area (Å²) in [5.41, 5.74) is 11.4. The third kappa shape index (κ3) is 2.72. The molecule has 2 atom stereocenters. The van der Waals surface area contributed by atoms with E-state index in [1.165, 1.54) is 50.4 Å². The number of benzene rings is 2. The Kier molecular flexibility index (Phi) is 5.21. The van der Waals surface area contributed by atoms with Gasteiger partial charge in [0, 0.05) is 17.4 Å². The largest absolute Gasteiger partial charge is 0.338 e. The predicted octanol–water partition coefficient (Wildman–Crippen LogP) is 7.84. The average Bonchev–Trinajstić information content (AvgIpc) is 3.30. The molecule has 1 aliphatic carbocycles. The van der Waals surface area contributed by atoms with E-state index in [2.05, 4.69) is 124 Å². The van der Waals surface area contributed by atoms with Crippen molar-refractivity contribution in [1.29, 1.82) is 0 Å². The van der Waals surface area contributed by atoms with Gasteiger partial charge in [-0.25, -0.2) is 0 Å². The molecule has 0 N–H and O–H groups in total. The lowest BCUT2D eigenvalue weighted by atomic mass is 9.63. The molecular formula is C32H31N. The van der Waals surface area contributed by atoms with Crippen LogP contribution in [0.3, 0.4) is 0 Å². The molecule has 1 nitrogen and oxygen atoms in total. The van der Waals surface area contributed by atoms with Crippen LogP contribution in [-0.4, -0.2) is 6.04 Å². The minimum Gasteiger partial charge on any atom is -0.338 e. The number of hydrogen-bond acceptors (Lipinski definition) is 1. The monoisotopic (exact) mass is 429 g/mol. The van der Waals surface area contributed by atoms with Crippen molar-refractivity contribution in [2.75, 3.05) is 4.90 Å². The third-order valence-corrected chi connectivity index (χ3v) is 7.23. The molecule has 2 aromatic carbocycles. The van der Waals surface area contributed by atoms with Crippen molar-refractivity contribution in [3.05, 3.63) is 143 Å². The molecule has 0 amide bonds. The Morgan fingerprint density at radius 1 is 0.909 bits per heavy atom. The maximum atomic E-state index is 4.30. The Labute approximate surface area is 198 Å². The van der Waals surface area contributed by atoms with Crippen molar-refractivity contribution in [3.63, 3.8) is 0 Å². The fourth-order valence-corrected chi connectivity index (χ4v) is 6.23. The summed E-state index contributed by atoms with van der Waals surface area (Å²) >= 11 is 0. The van der Waals surface area contributed by atoms with E-state index in [4.69, 9.17) is 0 Å². The predicted molar refractivity (Wildman–Crippen MR) is 142 cm³/mol. The average molecular weight is 430 g/mol. The van der Waals surface area contributed by atoms with Crippen LogP contribution in [0.15, 0.2) is 121 Å². The van der Waals surface area contributed by atoms with Crippen LogP contribution in [0, 0.1) is 0 Å². The number of rotatable bonds is 5. The second kappa shape index (κ2) is 8.08. The van der Waals surface area contributed by atoms with E-state index in [0.29, 0.717) is 6.04 Å². The van der Waals surface area contributed by atoms with E-state index in [0.717, 1.165) is 6.42 Å². The standard InChI is InChI=1S/C32H31N/c1-6-10-18-28-30(9-4)33-22(5)21-23-16-13-20-29(31(23)33)32(28)26(15-8-3)24(14-7-2)25-17-11-12-19-27(25)32/h6-20,22H,1,4,21H2,2-3,5H3/b14-7-,15-8-,18-10-. The Morgan fingerprint density at radius 3 is 2.39 bits per heavy atom. The summed E-state index contributed by atoms with van der Waals surface area (Å²) in [5, 5.41) is 0. The fraction of sp³-hybridized carbons (Fsp3) is 0.188. The maximum Gasteiger partial charge on any atom is 0.0754 e. The van der Waals surface area contributed by atoms with Gasteiger partial charge in [-0.1, -0.05) is 98.2 Å². The van der Waals surface area contributed by atoms with E-state index in [-0.39, 0.29) is 0 Å². The lowest BCUT2D eigenvalue weighted by molar-refractivity contribution is 0.680. The second-order valence-electron chi connectivity index (χ2n) is 8.96. The normalized spacial score (nSPS) is 23.5. The molecule has 0 saturated heterocycles. The number of anilines is 1. The first-order chi connectivity index (χ1) is 16.1. The van der Waals surface area contributed by atoms with Gasteiger partial charge in [-0.3, -0.25) is 0 Å². The smallest absolute Gasteiger partial charge is 0.0754 e. The third-order valence-electron chi connectivity index (χ3n) is 7.23. The van der Waals surface area contributed by atoms with Crippen LogP contribution in [0.4, 0.5) is 5.69 Å². The SMILES string of the molecule is C=C/C=C\C1=C(C=C)N2c3c(cccc3C13C(/C=C\C)=C(/C=C\C)c1ccccc13)CC2C. The lowest BCUT2D eigenvalue weighted by Gasteiger charge is -2.45. The number of hydrogen-bond donors (Lipinski definition) is 0. The first-order valence-electron chi connectivity index (χ1n) is 11.8. The summed E-state index contributed by atoms with van der Waals surface area (Å²) < 4.78 is 0. The highest BCUT2D eigenvalue weighted by molar-refractivity contribution is 5.95. The van der Waals surface area contributed by atoms with Gasteiger partial charge in [0.15, 0.2) is 0 Å². The number of fused-ring (bicyclic) bond motifs is 3. The van der Waals surface area contributed by atoms with Crippen LogP contribution in [0.25, 0.3) is 5.57 Å². The van der Waals surface area contributed by atoms with Gasteiger partial charge in [-0.05, 0) is 72.2 Å². The molecule has 0 radical (unpaired) electrons. The van der Waals surface area contributed by atoms with Gasteiger partial charge >= 0.3 is 0 Å². The van der Waals surface area contributed by atoms with Crippen LogP contribution in [0.5, 0.6) is 0 Å². The molecule has 1 heteroatoms. The van der Waals surface area contributed by atoms with Crippen LogP contribution >= 0.6 is 0 Å². The first-order valence-corrected chi connectivity index (χ1v) is 11.8. The van der Waals surface area contributed by atoms with Crippen LogP contribution in [0.2, 0.25) is 0 Å². The highest BCUT2D eigenvalue weighted by Gasteiger charge is 2.53. The molecule has 164 valence electrons. The van der Waals surface area contributed by atoms with Crippen molar-refractivity contribution in [2.24, 2.45) is 0 Å². The van der Waals surface area contributed by atoms with Crippen molar-refractivity contribution < 1.29 is 0 Å². The Morgan fingerprint density at radius 2 is 1.67 bits per heavy atom. The minimum absolute atomic E-state index is 0.388. The van der Waals surface area contributed by atoms with E-state index in [1.54, 1.807) is 0 Å². The lowest BCUT2D eigenvalue weighted by Crippen LogP contribution is -2.41. The van der Waals surface area contributed by atoms with Crippen molar-refractivity contribution in [1.82, 2.24) is 0 Å². The first kappa shape index (κ1) is 21.3. The van der Waals surface area contributed by atoms with E-state index in [1.807, 2.05) is 6.08 Å². The summed E-state index contributed by atoms with van der Waals surface area (Å²) in [7, 11) is 0. The van der Waals surface area contributed by atoms with Gasteiger partial charge in [-0.2, -0.15) is 0 Å². The van der Waals surface area contributed by atoms with Crippen LogP contribution < -0.4 is 4.90 Å². The zero-order valence-electron chi connectivity index (χ0n) is 19.8. The number of nitrogens with zero attached hydrogens (tertiary/aromatic N) is 1. The molecule has 0 saturated carbocycles. The Hall–Kier alpha value is -3.58. The second-order valence-corrected chi connectivity index (χ2v) is 8.96. The van der Waals surface area contributed by atoms with Gasteiger partial charge in [0.05, 0.1) is 5.41 Å². The zero-order chi connectivity index (χ0) is 23.2. The Bertz CT molecular complexity index is 1310. The van der Waals surface area contributed by atoms with Crippen molar-refractivity contribution in [2.45, 2.75) is 38.6 Å². The van der Waals surface area contributed by atoms with E-state index >= 15 is 0 Å². The maximum absolute atomic E-state index is 4.30. The van der Waals surface area contributed by atoms with E-state index in [9.17, 15) is 0 Å². The highest BCUT2D eigenvalue weighted by atomic mass is 15.2. The molecule has 33 heavy (non-hydrogen) atoms. The van der Waals surface area contributed by atoms with Gasteiger partial charge in [0.25, 0.3) is 0 Å². The summed E-state index contributed by atoms with van der Waals surface area (Å²) in [6.45, 7) is 14.8. The van der Waals surface area contributed by atoms with Gasteiger partial charge in [-0.15, -0.1) is 0 Å². The van der Waals surface area contributed by atoms with Gasteiger partial charge < -0.3 is 4.90 Å². The molecule has 2 unspecified atom stereocenters. The zero-order valence-corrected chi connectivity index (χ0v) is 19.8. The summed E-state index contributed by atoms with van der Waals surface area (Å²) in [6, 6.07) is 16.2. The van der Waals surface area contributed by atoms with Gasteiger partial charge in [0.1, 0.15) is 0 Å². The van der Waals surface area contributed by atoms with Crippen LogP contribution in [0.1, 0.15) is 43.0 Å². The molecule has 0 aromatic heterocycles. The Balaban J connectivity index is 2.04. The summed E-state index contributed by atoms with van der Waals surface area (Å²) in [5.74, 6) is 0. The summed E-state index contributed by atoms with van der Waals surface area (Å²) in [6.07, 6.45) is 18.2. The minimum atomic E-state index is -0.410. The van der Waals surface area contributed by atoms with Crippen LogP contribution in [-0.2, 0) is 11.8 Å². The topological polar surface area (TPSA) is 3.24 Å². The molecular weight excluding hydrogens is 398 g/mol. The molecule has 0 bridgehead atoms. The molecule has 2 heterocycles. The molecule has 2 aliphatic heterocycles. The number of para-hydroxylation sites is 1. The highest BCUT2D eigenvalue weighted by Crippen LogP contribution is 2.62.